The molecule has 1 atom stereocenters. The normalized spacial score (nSPS) is 19.1. The first kappa shape index (κ1) is 10.2. The first-order valence-corrected chi connectivity index (χ1v) is 6.43. The van der Waals surface area contributed by atoms with Crippen molar-refractivity contribution in [2.75, 3.05) is 24.1 Å². The lowest BCUT2D eigenvalue weighted by Gasteiger charge is -2.08. The number of ether oxygens (including phenoxy) is 1. The number of halogens is 1. The molecule has 1 aromatic carbocycles. The van der Waals surface area contributed by atoms with E-state index in [1.165, 1.54) is 5.56 Å². The third-order valence-corrected chi connectivity index (χ3v) is 3.00. The van der Waals surface area contributed by atoms with Crippen molar-refractivity contribution in [1.29, 1.82) is 0 Å². The molecule has 1 aromatic rings. The van der Waals surface area contributed by atoms with Crippen molar-refractivity contribution < 1.29 is 4.74 Å². The zero-order chi connectivity index (χ0) is 9.80. The van der Waals surface area contributed by atoms with Crippen LogP contribution < -0.4 is 10.1 Å². The van der Waals surface area contributed by atoms with Crippen LogP contribution in [0.1, 0.15) is 11.5 Å². The lowest BCUT2D eigenvalue weighted by Crippen LogP contribution is -2.24. The lowest BCUT2D eigenvalue weighted by atomic mass is 10.0. The van der Waals surface area contributed by atoms with Crippen LogP contribution >= 0.6 is 22.6 Å². The second-order valence-corrected chi connectivity index (χ2v) is 4.52. The summed E-state index contributed by atoms with van der Waals surface area (Å²) in [6.45, 7) is 2.94. The highest BCUT2D eigenvalue weighted by Crippen LogP contribution is 2.32. The molecule has 0 saturated carbocycles. The molecule has 0 radical (unpaired) electrons. The van der Waals surface area contributed by atoms with E-state index < -0.39 is 0 Å². The minimum Gasteiger partial charge on any atom is -0.493 e. The van der Waals surface area contributed by atoms with Crippen LogP contribution in [0.5, 0.6) is 5.75 Å². The van der Waals surface area contributed by atoms with Crippen LogP contribution in [0, 0.1) is 0 Å². The van der Waals surface area contributed by atoms with Gasteiger partial charge in [-0.25, -0.2) is 0 Å². The van der Waals surface area contributed by atoms with Gasteiger partial charge in [0.25, 0.3) is 0 Å². The van der Waals surface area contributed by atoms with Gasteiger partial charge in [-0.2, -0.15) is 0 Å². The fourth-order valence-electron chi connectivity index (χ4n) is 1.74. The highest BCUT2D eigenvalue weighted by Gasteiger charge is 2.22. The Hall–Kier alpha value is -0.290. The summed E-state index contributed by atoms with van der Waals surface area (Å²) in [5, 5.41) is 3.43. The number of fused-ring (bicyclic) bond motifs is 1. The van der Waals surface area contributed by atoms with Gasteiger partial charge in [-0.15, -0.1) is 0 Å². The molecule has 0 amide bonds. The van der Waals surface area contributed by atoms with Gasteiger partial charge >= 0.3 is 0 Å². The van der Waals surface area contributed by atoms with E-state index in [-0.39, 0.29) is 0 Å². The van der Waals surface area contributed by atoms with Gasteiger partial charge in [0.1, 0.15) is 5.75 Å². The molecule has 1 aliphatic rings. The zero-order valence-electron chi connectivity index (χ0n) is 8.00. The van der Waals surface area contributed by atoms with Crippen LogP contribution in [-0.2, 0) is 0 Å². The van der Waals surface area contributed by atoms with Gasteiger partial charge in [-0.05, 0) is 6.07 Å². The van der Waals surface area contributed by atoms with Crippen LogP contribution in [-0.4, -0.2) is 24.1 Å². The monoisotopic (exact) mass is 303 g/mol. The number of alkyl halides is 1. The Bertz CT molecular complexity index is 303. The van der Waals surface area contributed by atoms with Gasteiger partial charge in [-0.3, -0.25) is 0 Å². The first-order valence-electron chi connectivity index (χ1n) is 4.90. The fraction of sp³-hybridized carbons (Fsp3) is 0.455. The van der Waals surface area contributed by atoms with E-state index in [2.05, 4.69) is 40.0 Å². The average molecular weight is 303 g/mol. The Morgan fingerprint density at radius 3 is 3.14 bits per heavy atom. The predicted molar refractivity (Wildman–Crippen MR) is 66.4 cm³/mol. The van der Waals surface area contributed by atoms with Crippen LogP contribution in [0.4, 0.5) is 0 Å². The predicted octanol–water partition coefficient (Wildman–Crippen LogP) is 2.19. The summed E-state index contributed by atoms with van der Waals surface area (Å²) in [5.41, 5.74) is 1.36. The Balaban J connectivity index is 1.96. The van der Waals surface area contributed by atoms with Crippen molar-refractivity contribution in [3.05, 3.63) is 29.8 Å². The number of rotatable bonds is 4. The Kier molecular flexibility index (Phi) is 3.64. The van der Waals surface area contributed by atoms with Crippen molar-refractivity contribution in [2.45, 2.75) is 5.92 Å². The van der Waals surface area contributed by atoms with E-state index in [4.69, 9.17) is 4.74 Å². The minimum atomic E-state index is 0.536. The maximum Gasteiger partial charge on any atom is 0.122 e. The first-order chi connectivity index (χ1) is 6.92. The van der Waals surface area contributed by atoms with E-state index in [0.717, 1.165) is 29.9 Å². The second-order valence-electron chi connectivity index (χ2n) is 3.44. The van der Waals surface area contributed by atoms with Crippen LogP contribution in [0.15, 0.2) is 24.3 Å². The molecule has 0 aliphatic carbocycles. The summed E-state index contributed by atoms with van der Waals surface area (Å²) in [6, 6.07) is 8.32. The quantitative estimate of drug-likeness (QED) is 0.523. The Morgan fingerprint density at radius 2 is 2.29 bits per heavy atom. The molecule has 3 heteroatoms. The number of hydrogen-bond donors (Lipinski definition) is 1. The highest BCUT2D eigenvalue weighted by atomic mass is 127. The Morgan fingerprint density at radius 1 is 1.43 bits per heavy atom. The molecule has 1 unspecified atom stereocenters. The van der Waals surface area contributed by atoms with Gasteiger partial charge < -0.3 is 10.1 Å². The van der Waals surface area contributed by atoms with Crippen LogP contribution in [0.25, 0.3) is 0 Å². The van der Waals surface area contributed by atoms with Gasteiger partial charge in [-0.1, -0.05) is 40.8 Å². The molecule has 0 bridgehead atoms. The third kappa shape index (κ3) is 2.20. The summed E-state index contributed by atoms with van der Waals surface area (Å²) in [5.74, 6) is 1.60. The van der Waals surface area contributed by atoms with Crippen molar-refractivity contribution in [1.82, 2.24) is 5.32 Å². The zero-order valence-corrected chi connectivity index (χ0v) is 10.2. The molecule has 1 N–H and O–H groups in total. The van der Waals surface area contributed by atoms with Gasteiger partial charge in [0, 0.05) is 29.0 Å². The van der Waals surface area contributed by atoms with Gasteiger partial charge in [0.05, 0.1) is 6.61 Å². The molecule has 14 heavy (non-hydrogen) atoms. The fourth-order valence-corrected chi connectivity index (χ4v) is 2.12. The molecular formula is C11H14INO. The van der Waals surface area contributed by atoms with Crippen molar-refractivity contribution in [2.24, 2.45) is 0 Å². The number of hydrogen-bond acceptors (Lipinski definition) is 2. The minimum absolute atomic E-state index is 0.536. The number of para-hydroxylation sites is 1. The second kappa shape index (κ2) is 4.98. The average Bonchev–Trinajstić information content (AvgIpc) is 2.63. The molecule has 1 aliphatic heterocycles. The standard InChI is InChI=1S/C11H14INO/c12-5-6-13-7-9-8-14-11-4-2-1-3-10(9)11/h1-4,9,13H,5-8H2. The largest absolute Gasteiger partial charge is 0.493 e. The summed E-state index contributed by atoms with van der Waals surface area (Å²) in [6.07, 6.45) is 0. The lowest BCUT2D eigenvalue weighted by molar-refractivity contribution is 0.327. The van der Waals surface area contributed by atoms with Crippen LogP contribution in [0.2, 0.25) is 0 Å². The maximum atomic E-state index is 5.60. The highest BCUT2D eigenvalue weighted by molar-refractivity contribution is 14.1. The molecule has 0 saturated heterocycles. The van der Waals surface area contributed by atoms with Gasteiger partial charge in [0.2, 0.25) is 0 Å². The Labute approximate surface area is 98.2 Å². The van der Waals surface area contributed by atoms with Gasteiger partial charge in [0.15, 0.2) is 0 Å². The summed E-state index contributed by atoms with van der Waals surface area (Å²) in [4.78, 5) is 0. The molecule has 0 spiro atoms. The van der Waals surface area contributed by atoms with Crippen molar-refractivity contribution >= 4 is 22.6 Å². The topological polar surface area (TPSA) is 21.3 Å². The molecule has 2 rings (SSSR count). The van der Waals surface area contributed by atoms with E-state index >= 15 is 0 Å². The summed E-state index contributed by atoms with van der Waals surface area (Å²) < 4.78 is 6.76. The van der Waals surface area contributed by atoms with Crippen molar-refractivity contribution in [3.63, 3.8) is 0 Å². The number of benzene rings is 1. The van der Waals surface area contributed by atoms with E-state index in [0.29, 0.717) is 5.92 Å². The SMILES string of the molecule is ICCNCC1COc2ccccc21. The smallest absolute Gasteiger partial charge is 0.122 e. The van der Waals surface area contributed by atoms with E-state index in [1.807, 2.05) is 12.1 Å². The van der Waals surface area contributed by atoms with E-state index in [1.54, 1.807) is 0 Å². The number of nitrogens with one attached hydrogen (secondary N) is 1. The van der Waals surface area contributed by atoms with Crippen LogP contribution in [0.3, 0.4) is 0 Å². The van der Waals surface area contributed by atoms with Crippen molar-refractivity contribution in [3.8, 4) is 5.75 Å². The molecule has 0 fully saturated rings. The molecule has 76 valence electrons. The summed E-state index contributed by atoms with van der Waals surface area (Å²) >= 11 is 2.38. The maximum absolute atomic E-state index is 5.60. The molecule has 1 heterocycles. The molecule has 2 nitrogen and oxygen atoms in total. The van der Waals surface area contributed by atoms with E-state index in [9.17, 15) is 0 Å². The molecule has 0 aromatic heterocycles. The molecular weight excluding hydrogens is 289 g/mol. The summed E-state index contributed by atoms with van der Waals surface area (Å²) in [7, 11) is 0. The third-order valence-electron chi connectivity index (χ3n) is 2.46.